The Labute approximate surface area is 140 Å². The highest BCUT2D eigenvalue weighted by Gasteiger charge is 2.01. The van der Waals surface area contributed by atoms with Gasteiger partial charge in [0.1, 0.15) is 18.0 Å². The molecule has 0 bridgehead atoms. The molecule has 0 atom stereocenters. The van der Waals surface area contributed by atoms with Gasteiger partial charge in [0, 0.05) is 23.3 Å². The molecule has 2 aromatic carbocycles. The lowest BCUT2D eigenvalue weighted by Crippen LogP contribution is -2.03. The zero-order valence-electron chi connectivity index (χ0n) is 12.8. The number of nitrogens with zero attached hydrogens (tertiary/aromatic N) is 2. The van der Waals surface area contributed by atoms with Crippen LogP contribution in [0.25, 0.3) is 0 Å². The molecule has 0 saturated heterocycles. The largest absolute Gasteiger partial charge is 0.366 e. The van der Waals surface area contributed by atoms with Crippen LogP contribution in [0.3, 0.4) is 0 Å². The van der Waals surface area contributed by atoms with Gasteiger partial charge in [0.15, 0.2) is 0 Å². The van der Waals surface area contributed by atoms with Crippen LogP contribution >= 0.6 is 11.6 Å². The van der Waals surface area contributed by atoms with E-state index in [0.717, 1.165) is 18.1 Å². The van der Waals surface area contributed by atoms with Crippen LogP contribution in [0.5, 0.6) is 0 Å². The molecule has 0 aliphatic rings. The lowest BCUT2D eigenvalue weighted by molar-refractivity contribution is 1.08. The minimum atomic E-state index is 0.682. The standard InChI is InChI=1S/C18H17ClN4/c1-13-4-2-5-14(8-13)11-20-17-10-18(22-12-21-17)23-16-7-3-6-15(19)9-16/h2-10,12H,11H2,1H3,(H2,20,21,22,23). The van der Waals surface area contributed by atoms with Gasteiger partial charge in [-0.15, -0.1) is 0 Å². The van der Waals surface area contributed by atoms with Crippen LogP contribution in [0.1, 0.15) is 11.1 Å². The van der Waals surface area contributed by atoms with E-state index in [1.807, 2.05) is 30.3 Å². The van der Waals surface area contributed by atoms with E-state index in [4.69, 9.17) is 11.6 Å². The highest BCUT2D eigenvalue weighted by molar-refractivity contribution is 6.30. The average Bonchev–Trinajstić information content (AvgIpc) is 2.53. The van der Waals surface area contributed by atoms with Gasteiger partial charge in [-0.1, -0.05) is 47.5 Å². The second-order valence-electron chi connectivity index (χ2n) is 5.27. The molecule has 1 aromatic heterocycles. The van der Waals surface area contributed by atoms with Crippen molar-refractivity contribution in [1.82, 2.24) is 9.97 Å². The summed E-state index contributed by atoms with van der Waals surface area (Å²) in [5.41, 5.74) is 3.35. The molecule has 3 rings (SSSR count). The molecule has 0 radical (unpaired) electrons. The number of nitrogens with one attached hydrogen (secondary N) is 2. The Morgan fingerprint density at radius 3 is 2.61 bits per heavy atom. The van der Waals surface area contributed by atoms with Gasteiger partial charge in [-0.2, -0.15) is 0 Å². The molecular weight excluding hydrogens is 308 g/mol. The minimum Gasteiger partial charge on any atom is -0.366 e. The maximum atomic E-state index is 5.99. The Bertz CT molecular complexity index is 804. The summed E-state index contributed by atoms with van der Waals surface area (Å²) in [5.74, 6) is 1.49. The highest BCUT2D eigenvalue weighted by Crippen LogP contribution is 2.20. The SMILES string of the molecule is Cc1cccc(CNc2cc(Nc3cccc(Cl)c3)ncn2)c1. The van der Waals surface area contributed by atoms with Crippen LogP contribution < -0.4 is 10.6 Å². The molecule has 3 aromatic rings. The quantitative estimate of drug-likeness (QED) is 0.708. The molecule has 0 saturated carbocycles. The van der Waals surface area contributed by atoms with Crippen molar-refractivity contribution in [2.45, 2.75) is 13.5 Å². The molecule has 2 N–H and O–H groups in total. The fourth-order valence-corrected chi connectivity index (χ4v) is 2.44. The van der Waals surface area contributed by atoms with E-state index in [0.29, 0.717) is 10.8 Å². The van der Waals surface area contributed by atoms with Crippen LogP contribution in [0, 0.1) is 6.92 Å². The van der Waals surface area contributed by atoms with Gasteiger partial charge < -0.3 is 10.6 Å². The molecule has 0 aliphatic heterocycles. The van der Waals surface area contributed by atoms with Gasteiger partial charge in [-0.25, -0.2) is 9.97 Å². The molecule has 116 valence electrons. The first kappa shape index (κ1) is 15.3. The van der Waals surface area contributed by atoms with Crippen molar-refractivity contribution in [3.05, 3.63) is 77.1 Å². The van der Waals surface area contributed by atoms with Crippen molar-refractivity contribution in [2.24, 2.45) is 0 Å². The summed E-state index contributed by atoms with van der Waals surface area (Å²) in [4.78, 5) is 8.48. The van der Waals surface area contributed by atoms with E-state index in [-0.39, 0.29) is 0 Å². The zero-order valence-corrected chi connectivity index (χ0v) is 13.5. The first-order valence-electron chi connectivity index (χ1n) is 7.33. The first-order valence-corrected chi connectivity index (χ1v) is 7.71. The molecule has 4 nitrogen and oxygen atoms in total. The van der Waals surface area contributed by atoms with E-state index in [1.165, 1.54) is 17.5 Å². The monoisotopic (exact) mass is 324 g/mol. The second kappa shape index (κ2) is 7.11. The van der Waals surface area contributed by atoms with E-state index >= 15 is 0 Å². The van der Waals surface area contributed by atoms with E-state index < -0.39 is 0 Å². The number of anilines is 3. The summed E-state index contributed by atoms with van der Waals surface area (Å²) in [6.45, 7) is 2.80. The van der Waals surface area contributed by atoms with Crippen molar-refractivity contribution >= 4 is 28.9 Å². The molecular formula is C18H17ClN4. The number of aromatic nitrogens is 2. The van der Waals surface area contributed by atoms with Gasteiger partial charge in [-0.05, 0) is 30.7 Å². The molecule has 0 spiro atoms. The third-order valence-electron chi connectivity index (χ3n) is 3.32. The predicted molar refractivity (Wildman–Crippen MR) is 95.3 cm³/mol. The third kappa shape index (κ3) is 4.44. The first-order chi connectivity index (χ1) is 11.2. The fourth-order valence-electron chi connectivity index (χ4n) is 2.25. The molecule has 23 heavy (non-hydrogen) atoms. The Kier molecular flexibility index (Phi) is 4.74. The summed E-state index contributed by atoms with van der Waals surface area (Å²) in [7, 11) is 0. The Hall–Kier alpha value is -2.59. The number of hydrogen-bond acceptors (Lipinski definition) is 4. The van der Waals surface area contributed by atoms with Gasteiger partial charge in [0.05, 0.1) is 0 Å². The van der Waals surface area contributed by atoms with Crippen molar-refractivity contribution in [1.29, 1.82) is 0 Å². The Morgan fingerprint density at radius 2 is 1.78 bits per heavy atom. The predicted octanol–water partition coefficient (Wildman–Crippen LogP) is 4.79. The molecule has 0 unspecified atom stereocenters. The van der Waals surface area contributed by atoms with Crippen LogP contribution in [0.15, 0.2) is 60.9 Å². The van der Waals surface area contributed by atoms with Gasteiger partial charge in [0.25, 0.3) is 0 Å². The maximum Gasteiger partial charge on any atom is 0.135 e. The fraction of sp³-hybridized carbons (Fsp3) is 0.111. The smallest absolute Gasteiger partial charge is 0.135 e. The van der Waals surface area contributed by atoms with E-state index in [9.17, 15) is 0 Å². The number of benzene rings is 2. The molecule has 0 fully saturated rings. The van der Waals surface area contributed by atoms with Crippen LogP contribution in [0.4, 0.5) is 17.3 Å². The molecule has 5 heteroatoms. The average molecular weight is 325 g/mol. The van der Waals surface area contributed by atoms with Gasteiger partial charge in [-0.3, -0.25) is 0 Å². The van der Waals surface area contributed by atoms with E-state index in [1.54, 1.807) is 0 Å². The summed E-state index contributed by atoms with van der Waals surface area (Å²) >= 11 is 5.99. The van der Waals surface area contributed by atoms with Crippen molar-refractivity contribution in [3.8, 4) is 0 Å². The number of halogens is 1. The van der Waals surface area contributed by atoms with Crippen LogP contribution in [-0.2, 0) is 6.54 Å². The third-order valence-corrected chi connectivity index (χ3v) is 3.56. The summed E-state index contributed by atoms with van der Waals surface area (Å²) in [6.07, 6.45) is 1.53. The highest BCUT2D eigenvalue weighted by atomic mass is 35.5. The van der Waals surface area contributed by atoms with Crippen molar-refractivity contribution < 1.29 is 0 Å². The summed E-state index contributed by atoms with van der Waals surface area (Å²) < 4.78 is 0. The number of aryl methyl sites for hydroxylation is 1. The van der Waals surface area contributed by atoms with Crippen molar-refractivity contribution in [2.75, 3.05) is 10.6 Å². The molecule has 0 amide bonds. The maximum absolute atomic E-state index is 5.99. The van der Waals surface area contributed by atoms with Crippen molar-refractivity contribution in [3.63, 3.8) is 0 Å². The minimum absolute atomic E-state index is 0.682. The number of hydrogen-bond donors (Lipinski definition) is 2. The lowest BCUT2D eigenvalue weighted by Gasteiger charge is -2.09. The normalized spacial score (nSPS) is 10.3. The van der Waals surface area contributed by atoms with Gasteiger partial charge >= 0.3 is 0 Å². The topological polar surface area (TPSA) is 49.8 Å². The van der Waals surface area contributed by atoms with Crippen LogP contribution in [0.2, 0.25) is 5.02 Å². The zero-order chi connectivity index (χ0) is 16.1. The van der Waals surface area contributed by atoms with Crippen LogP contribution in [-0.4, -0.2) is 9.97 Å². The van der Waals surface area contributed by atoms with E-state index in [2.05, 4.69) is 51.8 Å². The summed E-state index contributed by atoms with van der Waals surface area (Å²) in [5, 5.41) is 7.21. The number of rotatable bonds is 5. The van der Waals surface area contributed by atoms with Gasteiger partial charge in [0.2, 0.25) is 0 Å². The Morgan fingerprint density at radius 1 is 0.957 bits per heavy atom. The Balaban J connectivity index is 1.67. The molecule has 0 aliphatic carbocycles. The summed E-state index contributed by atoms with van der Waals surface area (Å²) in [6, 6.07) is 17.8. The lowest BCUT2D eigenvalue weighted by atomic mass is 10.1. The second-order valence-corrected chi connectivity index (χ2v) is 5.70. The molecule has 1 heterocycles.